The fourth-order valence-corrected chi connectivity index (χ4v) is 4.74. The predicted octanol–water partition coefficient (Wildman–Crippen LogP) is 2.21. The second-order valence-electron chi connectivity index (χ2n) is 8.07. The summed E-state index contributed by atoms with van der Waals surface area (Å²) in [7, 11) is 0. The Morgan fingerprint density at radius 3 is 3.04 bits per heavy atom. The van der Waals surface area contributed by atoms with Gasteiger partial charge in [-0.15, -0.1) is 0 Å². The molecule has 2 saturated heterocycles. The highest BCUT2D eigenvalue weighted by Gasteiger charge is 2.58. The van der Waals surface area contributed by atoms with Crippen molar-refractivity contribution in [2.75, 3.05) is 31.2 Å². The number of anilines is 1. The first-order valence-electron chi connectivity index (χ1n) is 9.22. The van der Waals surface area contributed by atoms with Gasteiger partial charge in [0, 0.05) is 49.8 Å². The van der Waals surface area contributed by atoms with Crippen molar-refractivity contribution in [2.45, 2.75) is 52.0 Å². The lowest BCUT2D eigenvalue weighted by molar-refractivity contribution is -0.113. The van der Waals surface area contributed by atoms with E-state index in [1.165, 1.54) is 12.0 Å². The van der Waals surface area contributed by atoms with Crippen molar-refractivity contribution in [3.8, 4) is 0 Å². The molecule has 1 aromatic heterocycles. The van der Waals surface area contributed by atoms with E-state index in [4.69, 9.17) is 9.47 Å². The molecule has 1 aliphatic carbocycles. The number of nitrogens with one attached hydrogen (secondary N) is 1. The van der Waals surface area contributed by atoms with Crippen molar-refractivity contribution in [1.82, 2.24) is 10.3 Å². The normalized spacial score (nSPS) is 34.7. The van der Waals surface area contributed by atoms with E-state index in [9.17, 15) is 0 Å². The average Bonchev–Trinajstić information content (AvgIpc) is 3.02. The maximum Gasteiger partial charge on any atom is 0.128 e. The van der Waals surface area contributed by atoms with E-state index < -0.39 is 0 Å². The molecular formula is C19H29N3O2. The number of rotatable bonds is 4. The van der Waals surface area contributed by atoms with Crippen LogP contribution < -0.4 is 10.2 Å². The summed E-state index contributed by atoms with van der Waals surface area (Å²) in [6.07, 6.45) is 3.84. The van der Waals surface area contributed by atoms with Crippen LogP contribution in [0.5, 0.6) is 0 Å². The molecule has 3 aliphatic rings. The van der Waals surface area contributed by atoms with E-state index >= 15 is 0 Å². The maximum atomic E-state index is 5.89. The van der Waals surface area contributed by atoms with Crippen LogP contribution in [0.1, 0.15) is 32.8 Å². The minimum Gasteiger partial charge on any atom is -0.377 e. The highest BCUT2D eigenvalue weighted by Crippen LogP contribution is 2.52. The molecule has 4 atom stereocenters. The van der Waals surface area contributed by atoms with Crippen molar-refractivity contribution in [1.29, 1.82) is 0 Å². The summed E-state index contributed by atoms with van der Waals surface area (Å²) >= 11 is 0. The molecule has 0 spiro atoms. The average molecular weight is 331 g/mol. The van der Waals surface area contributed by atoms with Crippen LogP contribution in [0.2, 0.25) is 0 Å². The van der Waals surface area contributed by atoms with Crippen LogP contribution in [0.25, 0.3) is 0 Å². The second-order valence-corrected chi connectivity index (χ2v) is 8.07. The number of fused-ring (bicyclic) bond motifs is 1. The van der Waals surface area contributed by atoms with Gasteiger partial charge in [0.1, 0.15) is 5.82 Å². The Balaban J connectivity index is 1.39. The molecule has 5 heteroatoms. The Kier molecular flexibility index (Phi) is 4.27. The summed E-state index contributed by atoms with van der Waals surface area (Å²) in [6, 6.07) is 4.89. The molecule has 132 valence electrons. The summed E-state index contributed by atoms with van der Waals surface area (Å²) in [6.45, 7) is 11.2. The summed E-state index contributed by atoms with van der Waals surface area (Å²) in [5.41, 5.74) is 1.54. The van der Waals surface area contributed by atoms with Gasteiger partial charge >= 0.3 is 0 Å². The molecule has 0 amide bonds. The van der Waals surface area contributed by atoms with Gasteiger partial charge in [-0.05, 0) is 31.0 Å². The van der Waals surface area contributed by atoms with E-state index in [0.29, 0.717) is 18.1 Å². The van der Waals surface area contributed by atoms with Gasteiger partial charge in [-0.25, -0.2) is 4.98 Å². The highest BCUT2D eigenvalue weighted by molar-refractivity contribution is 5.41. The van der Waals surface area contributed by atoms with Gasteiger partial charge < -0.3 is 19.7 Å². The van der Waals surface area contributed by atoms with Crippen molar-refractivity contribution >= 4 is 5.82 Å². The SMILES string of the molecule is C[C@@H]1CN(c2cc(CN[C@@H]3[C@@H]4CCO[C@@H]4C3(C)C)ccn2)CCO1. The van der Waals surface area contributed by atoms with Crippen LogP contribution in [0, 0.1) is 11.3 Å². The van der Waals surface area contributed by atoms with Crippen molar-refractivity contribution in [3.05, 3.63) is 23.9 Å². The van der Waals surface area contributed by atoms with E-state index in [-0.39, 0.29) is 11.5 Å². The van der Waals surface area contributed by atoms with Crippen LogP contribution in [0.4, 0.5) is 5.82 Å². The molecule has 0 bridgehead atoms. The van der Waals surface area contributed by atoms with Crippen molar-refractivity contribution < 1.29 is 9.47 Å². The Morgan fingerprint density at radius 2 is 2.21 bits per heavy atom. The standard InChI is InChI=1S/C19H29N3O2/c1-13-12-22(7-9-23-13)16-10-14(4-6-20-16)11-21-17-15-5-8-24-18(15)19(17,2)3/h4,6,10,13,15,17-18,21H,5,7-9,11-12H2,1-3H3/t13-,15+,17-,18+/m1/s1. The number of aromatic nitrogens is 1. The van der Waals surface area contributed by atoms with E-state index in [1.54, 1.807) is 0 Å². The number of pyridine rings is 1. The first-order chi connectivity index (χ1) is 11.6. The number of ether oxygens (including phenoxy) is 2. The fraction of sp³-hybridized carbons (Fsp3) is 0.737. The molecule has 0 radical (unpaired) electrons. The van der Waals surface area contributed by atoms with Crippen molar-refractivity contribution in [3.63, 3.8) is 0 Å². The molecule has 24 heavy (non-hydrogen) atoms. The zero-order valence-electron chi connectivity index (χ0n) is 15.0. The van der Waals surface area contributed by atoms with Gasteiger partial charge in [0.05, 0.1) is 18.8 Å². The fourth-order valence-electron chi connectivity index (χ4n) is 4.74. The molecule has 3 fully saturated rings. The number of morpholine rings is 1. The lowest BCUT2D eigenvalue weighted by Crippen LogP contribution is -2.65. The predicted molar refractivity (Wildman–Crippen MR) is 94.1 cm³/mol. The summed E-state index contributed by atoms with van der Waals surface area (Å²) < 4.78 is 11.5. The Morgan fingerprint density at radius 1 is 1.33 bits per heavy atom. The quantitative estimate of drug-likeness (QED) is 0.916. The Bertz CT molecular complexity index is 592. The topological polar surface area (TPSA) is 46.6 Å². The van der Waals surface area contributed by atoms with Crippen LogP contribution in [-0.2, 0) is 16.0 Å². The van der Waals surface area contributed by atoms with Gasteiger partial charge in [-0.2, -0.15) is 0 Å². The van der Waals surface area contributed by atoms with Gasteiger partial charge in [0.15, 0.2) is 0 Å². The van der Waals surface area contributed by atoms with Gasteiger partial charge in [-0.1, -0.05) is 13.8 Å². The van der Waals surface area contributed by atoms with Crippen LogP contribution in [-0.4, -0.2) is 49.5 Å². The zero-order valence-corrected chi connectivity index (χ0v) is 15.0. The monoisotopic (exact) mass is 331 g/mol. The van der Waals surface area contributed by atoms with Crippen LogP contribution >= 0.6 is 0 Å². The Hall–Kier alpha value is -1.17. The Labute approximate surface area is 144 Å². The number of hydrogen-bond donors (Lipinski definition) is 1. The minimum atomic E-state index is 0.233. The molecule has 4 rings (SSSR count). The molecule has 3 heterocycles. The molecule has 5 nitrogen and oxygen atoms in total. The van der Waals surface area contributed by atoms with Gasteiger partial charge in [0.25, 0.3) is 0 Å². The van der Waals surface area contributed by atoms with Crippen LogP contribution in [0.3, 0.4) is 0 Å². The summed E-state index contributed by atoms with van der Waals surface area (Å²) in [5.74, 6) is 1.75. The summed E-state index contributed by atoms with van der Waals surface area (Å²) in [5, 5.41) is 3.79. The van der Waals surface area contributed by atoms with Gasteiger partial charge in [-0.3, -0.25) is 0 Å². The lowest BCUT2D eigenvalue weighted by Gasteiger charge is -2.55. The minimum absolute atomic E-state index is 0.233. The molecule has 1 aromatic rings. The largest absolute Gasteiger partial charge is 0.377 e. The molecule has 1 saturated carbocycles. The first-order valence-corrected chi connectivity index (χ1v) is 9.22. The molecule has 0 aromatic carbocycles. The van der Waals surface area contributed by atoms with Crippen LogP contribution in [0.15, 0.2) is 18.3 Å². The zero-order chi connectivity index (χ0) is 16.7. The lowest BCUT2D eigenvalue weighted by atomic mass is 9.57. The number of nitrogens with zero attached hydrogens (tertiary/aromatic N) is 2. The summed E-state index contributed by atoms with van der Waals surface area (Å²) in [4.78, 5) is 6.89. The molecule has 0 unspecified atom stereocenters. The third-order valence-corrected chi connectivity index (χ3v) is 6.00. The second kappa shape index (κ2) is 6.28. The molecule has 2 aliphatic heterocycles. The number of hydrogen-bond acceptors (Lipinski definition) is 5. The van der Waals surface area contributed by atoms with Crippen molar-refractivity contribution in [2.24, 2.45) is 11.3 Å². The van der Waals surface area contributed by atoms with E-state index in [0.717, 1.165) is 38.7 Å². The van der Waals surface area contributed by atoms with Gasteiger partial charge in [0.2, 0.25) is 0 Å². The molecular weight excluding hydrogens is 302 g/mol. The molecule has 1 N–H and O–H groups in total. The maximum absolute atomic E-state index is 5.89. The third kappa shape index (κ3) is 2.83. The third-order valence-electron chi connectivity index (χ3n) is 6.00. The first kappa shape index (κ1) is 16.3. The van der Waals surface area contributed by atoms with E-state index in [2.05, 4.69) is 48.1 Å². The highest BCUT2D eigenvalue weighted by atomic mass is 16.5. The van der Waals surface area contributed by atoms with E-state index in [1.807, 2.05) is 6.20 Å². The smallest absolute Gasteiger partial charge is 0.128 e.